The van der Waals surface area contributed by atoms with Gasteiger partial charge in [0.15, 0.2) is 5.60 Å². The molecule has 1 aromatic rings. The van der Waals surface area contributed by atoms with Crippen molar-refractivity contribution >= 4 is 23.9 Å². The van der Waals surface area contributed by atoms with Gasteiger partial charge in [-0.2, -0.15) is 0 Å². The molecule has 36 heavy (non-hydrogen) atoms. The van der Waals surface area contributed by atoms with E-state index in [4.69, 9.17) is 31.6 Å². The number of carboxylic acids is 3. The number of hydrogen-bond donors (Lipinski definition) is 4. The van der Waals surface area contributed by atoms with Gasteiger partial charge in [-0.15, -0.1) is 12.3 Å². The Morgan fingerprint density at radius 1 is 0.944 bits per heavy atom. The number of anilines is 1. The van der Waals surface area contributed by atoms with E-state index < -0.39 is 36.4 Å². The van der Waals surface area contributed by atoms with E-state index in [9.17, 15) is 14.4 Å². The highest BCUT2D eigenvalue weighted by molar-refractivity contribution is 5.88. The van der Waals surface area contributed by atoms with Gasteiger partial charge in [-0.25, -0.2) is 14.8 Å². The molecule has 198 valence electrons. The normalized spacial score (nSPS) is 16.9. The first kappa shape index (κ1) is 28.9. The summed E-state index contributed by atoms with van der Waals surface area (Å²) in [5.41, 5.74) is -1.56. The van der Waals surface area contributed by atoms with Crippen molar-refractivity contribution in [2.75, 3.05) is 63.9 Å². The summed E-state index contributed by atoms with van der Waals surface area (Å²) in [6.45, 7) is 9.55. The minimum Gasteiger partial charge on any atom is -0.481 e. The Kier molecular flexibility index (Phi) is 11.5. The van der Waals surface area contributed by atoms with Gasteiger partial charge in [-0.3, -0.25) is 19.4 Å². The van der Waals surface area contributed by atoms with Gasteiger partial charge in [-0.1, -0.05) is 0 Å². The van der Waals surface area contributed by atoms with Crippen LogP contribution in [0.3, 0.4) is 0 Å². The number of terminal acetylenes is 1. The predicted molar refractivity (Wildman–Crippen MR) is 127 cm³/mol. The van der Waals surface area contributed by atoms with E-state index >= 15 is 0 Å². The van der Waals surface area contributed by atoms with Crippen molar-refractivity contribution in [3.8, 4) is 12.3 Å². The van der Waals surface area contributed by atoms with Gasteiger partial charge in [0.1, 0.15) is 0 Å². The zero-order valence-electron chi connectivity index (χ0n) is 20.1. The van der Waals surface area contributed by atoms with E-state index in [2.05, 4.69) is 30.6 Å². The van der Waals surface area contributed by atoms with E-state index in [1.54, 1.807) is 0 Å². The molecule has 0 bridgehead atoms. The van der Waals surface area contributed by atoms with Crippen molar-refractivity contribution in [1.29, 1.82) is 0 Å². The zero-order valence-corrected chi connectivity index (χ0v) is 20.1. The van der Waals surface area contributed by atoms with Crippen molar-refractivity contribution in [3.63, 3.8) is 0 Å². The molecule has 2 saturated heterocycles. The molecule has 0 atom stereocenters. The third-order valence-corrected chi connectivity index (χ3v) is 5.71. The first-order chi connectivity index (χ1) is 17.1. The third-order valence-electron chi connectivity index (χ3n) is 5.71. The Morgan fingerprint density at radius 2 is 1.47 bits per heavy atom. The zero-order chi connectivity index (χ0) is 26.6. The number of rotatable bonds is 10. The molecule has 2 fully saturated rings. The van der Waals surface area contributed by atoms with Gasteiger partial charge < -0.3 is 30.1 Å². The minimum absolute atomic E-state index is 0.759. The maximum Gasteiger partial charge on any atom is 0.336 e. The number of ether oxygens (including phenoxy) is 1. The van der Waals surface area contributed by atoms with Crippen LogP contribution in [0, 0.1) is 12.3 Å². The van der Waals surface area contributed by atoms with Crippen LogP contribution in [0.4, 0.5) is 5.95 Å². The molecule has 4 N–H and O–H groups in total. The number of aliphatic carboxylic acids is 3. The standard InChI is InChI=1S/C17H25N5O.C6H8O7/c1-2-3-4-20-5-7-21(8-6-20)15-16-13-18-17(19-14-16)22-9-11-23-12-10-22;7-3(8)1-6(13,5(11)12)2-4(9)10/h1,13-14H,3-12,15H2;13H,1-2H2,(H,7,8)(H,9,10)(H,11,12). The van der Waals surface area contributed by atoms with Gasteiger partial charge in [0.25, 0.3) is 0 Å². The summed E-state index contributed by atoms with van der Waals surface area (Å²) in [6.07, 6.45) is 7.81. The molecular weight excluding hydrogens is 474 g/mol. The topological polar surface area (TPSA) is 177 Å². The molecule has 0 amide bonds. The van der Waals surface area contributed by atoms with Crippen molar-refractivity contribution < 1.29 is 39.5 Å². The molecule has 0 aromatic carbocycles. The lowest BCUT2D eigenvalue weighted by Gasteiger charge is -2.34. The molecule has 0 unspecified atom stereocenters. The first-order valence-corrected chi connectivity index (χ1v) is 11.5. The Hall–Kier alpha value is -3.31. The van der Waals surface area contributed by atoms with Crippen LogP contribution in [0.25, 0.3) is 0 Å². The SMILES string of the molecule is C#CCCN1CCN(Cc2cnc(N3CCOCC3)nc2)CC1.O=C(O)CC(O)(CC(=O)O)C(=O)O. The number of hydrogen-bond acceptors (Lipinski definition) is 10. The summed E-state index contributed by atoms with van der Waals surface area (Å²) in [7, 11) is 0. The van der Waals surface area contributed by atoms with Crippen LogP contribution in [-0.2, 0) is 25.7 Å². The van der Waals surface area contributed by atoms with E-state index in [0.29, 0.717) is 0 Å². The summed E-state index contributed by atoms with van der Waals surface area (Å²) in [5, 5.41) is 33.8. The van der Waals surface area contributed by atoms with Crippen LogP contribution in [-0.4, -0.2) is 123 Å². The average Bonchev–Trinajstić information content (AvgIpc) is 2.84. The van der Waals surface area contributed by atoms with E-state index in [-0.39, 0.29) is 0 Å². The van der Waals surface area contributed by atoms with Crippen molar-refractivity contribution in [2.45, 2.75) is 31.4 Å². The number of nitrogens with zero attached hydrogens (tertiary/aromatic N) is 5. The molecule has 0 aliphatic carbocycles. The smallest absolute Gasteiger partial charge is 0.336 e. The molecule has 3 heterocycles. The van der Waals surface area contributed by atoms with Crippen LogP contribution in [0.2, 0.25) is 0 Å². The van der Waals surface area contributed by atoms with E-state index in [0.717, 1.165) is 77.9 Å². The summed E-state index contributed by atoms with van der Waals surface area (Å²) in [6, 6.07) is 0. The Labute approximate surface area is 209 Å². The summed E-state index contributed by atoms with van der Waals surface area (Å²) < 4.78 is 5.36. The second-order valence-corrected chi connectivity index (χ2v) is 8.54. The lowest BCUT2D eigenvalue weighted by atomic mass is 9.96. The molecular formula is C23H33N5O8. The number of morpholine rings is 1. The molecule has 1 aromatic heterocycles. The Bertz CT molecular complexity index is 890. The van der Waals surface area contributed by atoms with Gasteiger partial charge in [0, 0.05) is 76.7 Å². The fraction of sp³-hybridized carbons (Fsp3) is 0.609. The molecule has 0 saturated carbocycles. The molecule has 0 radical (unpaired) electrons. The van der Waals surface area contributed by atoms with Crippen LogP contribution < -0.4 is 4.90 Å². The second-order valence-electron chi connectivity index (χ2n) is 8.54. The maximum atomic E-state index is 10.3. The predicted octanol–water partition coefficient (Wildman–Crippen LogP) is -0.794. The van der Waals surface area contributed by atoms with Crippen LogP contribution in [0.1, 0.15) is 24.8 Å². The first-order valence-electron chi connectivity index (χ1n) is 11.5. The molecule has 2 aliphatic rings. The van der Waals surface area contributed by atoms with Crippen LogP contribution in [0.15, 0.2) is 12.4 Å². The van der Waals surface area contributed by atoms with Gasteiger partial charge in [0.2, 0.25) is 5.95 Å². The summed E-state index contributed by atoms with van der Waals surface area (Å²) in [4.78, 5) is 46.6. The van der Waals surface area contributed by atoms with E-state index in [1.165, 1.54) is 5.56 Å². The fourth-order valence-electron chi connectivity index (χ4n) is 3.72. The third kappa shape index (κ3) is 9.74. The van der Waals surface area contributed by atoms with Gasteiger partial charge in [-0.05, 0) is 0 Å². The van der Waals surface area contributed by atoms with Gasteiger partial charge >= 0.3 is 17.9 Å². The van der Waals surface area contributed by atoms with Gasteiger partial charge in [0.05, 0.1) is 26.1 Å². The largest absolute Gasteiger partial charge is 0.481 e. The number of carboxylic acid groups (broad SMARTS) is 3. The van der Waals surface area contributed by atoms with E-state index in [1.807, 2.05) is 12.4 Å². The highest BCUT2D eigenvalue weighted by Crippen LogP contribution is 2.16. The average molecular weight is 508 g/mol. The van der Waals surface area contributed by atoms with Crippen molar-refractivity contribution in [2.24, 2.45) is 0 Å². The Balaban J connectivity index is 0.000000302. The highest BCUT2D eigenvalue weighted by Gasteiger charge is 2.40. The molecule has 0 spiro atoms. The van der Waals surface area contributed by atoms with Crippen molar-refractivity contribution in [1.82, 2.24) is 19.8 Å². The molecule has 2 aliphatic heterocycles. The monoisotopic (exact) mass is 507 g/mol. The van der Waals surface area contributed by atoms with Crippen molar-refractivity contribution in [3.05, 3.63) is 18.0 Å². The molecule has 13 nitrogen and oxygen atoms in total. The number of piperazine rings is 1. The minimum atomic E-state index is -2.74. The second kappa shape index (κ2) is 14.3. The highest BCUT2D eigenvalue weighted by atomic mass is 16.5. The van der Waals surface area contributed by atoms with Crippen LogP contribution in [0.5, 0.6) is 0 Å². The van der Waals surface area contributed by atoms with Crippen LogP contribution >= 0.6 is 0 Å². The fourth-order valence-corrected chi connectivity index (χ4v) is 3.72. The quantitative estimate of drug-likeness (QED) is 0.290. The molecule has 3 rings (SSSR count). The maximum absolute atomic E-state index is 10.3. The summed E-state index contributed by atoms with van der Waals surface area (Å²) >= 11 is 0. The lowest BCUT2D eigenvalue weighted by Crippen LogP contribution is -2.46. The summed E-state index contributed by atoms with van der Waals surface area (Å²) in [5.74, 6) is -1.49. The molecule has 13 heteroatoms. The lowest BCUT2D eigenvalue weighted by molar-refractivity contribution is -0.170. The number of aliphatic hydroxyl groups is 1. The Morgan fingerprint density at radius 3 is 1.94 bits per heavy atom. The number of carbonyl (C=O) groups is 3. The number of aromatic nitrogens is 2.